The standard InChI is InChI=1S/C28H17N2O3P/c31-34-24-12-1-8-20(18-6-4-14-29-16-18)26(24)32-22-10-3-11-23(28(22)34)33-27-21(9-2-13-25(27)34)19-7-5-15-30-17-19/h1-17H. The summed E-state index contributed by atoms with van der Waals surface area (Å²) >= 11 is 0. The van der Waals surface area contributed by atoms with Crippen molar-refractivity contribution in [2.24, 2.45) is 0 Å². The molecule has 162 valence electrons. The van der Waals surface area contributed by atoms with E-state index in [1.807, 2.05) is 78.9 Å². The third-order valence-corrected chi connectivity index (χ3v) is 9.44. The quantitative estimate of drug-likeness (QED) is 0.312. The molecule has 2 aliphatic rings. The van der Waals surface area contributed by atoms with Crippen molar-refractivity contribution in [1.29, 1.82) is 0 Å². The number of hydrogen-bond donors (Lipinski definition) is 0. The van der Waals surface area contributed by atoms with Gasteiger partial charge >= 0.3 is 0 Å². The molecule has 0 bridgehead atoms. The molecule has 0 saturated heterocycles. The van der Waals surface area contributed by atoms with Gasteiger partial charge in [-0.1, -0.05) is 42.5 Å². The maximum Gasteiger partial charge on any atom is 0.185 e. The van der Waals surface area contributed by atoms with Gasteiger partial charge in [-0.05, 0) is 36.4 Å². The minimum absolute atomic E-state index is 0.558. The van der Waals surface area contributed by atoms with Crippen molar-refractivity contribution in [3.8, 4) is 45.3 Å². The zero-order chi connectivity index (χ0) is 22.7. The number of pyridine rings is 2. The zero-order valence-electron chi connectivity index (χ0n) is 17.9. The van der Waals surface area contributed by atoms with Crippen LogP contribution in [0, 0.1) is 0 Å². The highest BCUT2D eigenvalue weighted by Gasteiger charge is 2.47. The van der Waals surface area contributed by atoms with Crippen molar-refractivity contribution >= 4 is 23.1 Å². The highest BCUT2D eigenvalue weighted by atomic mass is 31.2. The molecule has 7 rings (SSSR count). The first-order valence-corrected chi connectivity index (χ1v) is 12.6. The molecule has 0 saturated carbocycles. The molecule has 0 unspecified atom stereocenters. The molecule has 0 amide bonds. The third kappa shape index (κ3) is 2.59. The summed E-state index contributed by atoms with van der Waals surface area (Å²) in [5.74, 6) is 2.32. The Hall–Kier alpha value is -4.21. The lowest BCUT2D eigenvalue weighted by atomic mass is 10.1. The molecule has 4 heterocycles. The second kappa shape index (κ2) is 7.14. The van der Waals surface area contributed by atoms with E-state index >= 15 is 4.57 Å². The average Bonchev–Trinajstić information content (AvgIpc) is 2.89. The van der Waals surface area contributed by atoms with Crippen LogP contribution in [-0.4, -0.2) is 9.97 Å². The molecular weight excluding hydrogens is 443 g/mol. The molecule has 34 heavy (non-hydrogen) atoms. The molecular formula is C28H17N2O3P. The molecule has 0 fully saturated rings. The van der Waals surface area contributed by atoms with E-state index in [4.69, 9.17) is 9.47 Å². The molecule has 2 aliphatic heterocycles. The summed E-state index contributed by atoms with van der Waals surface area (Å²) in [6.07, 6.45) is 7.05. The van der Waals surface area contributed by atoms with Crippen LogP contribution < -0.4 is 25.4 Å². The topological polar surface area (TPSA) is 61.3 Å². The summed E-state index contributed by atoms with van der Waals surface area (Å²) in [5.41, 5.74) is 3.52. The lowest BCUT2D eigenvalue weighted by molar-refractivity contribution is 0.463. The summed E-state index contributed by atoms with van der Waals surface area (Å²) in [6.45, 7) is 0. The van der Waals surface area contributed by atoms with Crippen molar-refractivity contribution in [3.05, 3.63) is 104 Å². The van der Waals surface area contributed by atoms with Gasteiger partial charge in [0, 0.05) is 47.0 Å². The largest absolute Gasteiger partial charge is 0.455 e. The van der Waals surface area contributed by atoms with E-state index in [1.54, 1.807) is 24.8 Å². The lowest BCUT2D eigenvalue weighted by Gasteiger charge is -2.35. The Kier molecular flexibility index (Phi) is 4.05. The van der Waals surface area contributed by atoms with E-state index in [9.17, 15) is 0 Å². The highest BCUT2D eigenvalue weighted by Crippen LogP contribution is 2.60. The van der Waals surface area contributed by atoms with Crippen molar-refractivity contribution in [3.63, 3.8) is 0 Å². The van der Waals surface area contributed by atoms with E-state index in [0.717, 1.165) is 22.3 Å². The second-order valence-electron chi connectivity index (χ2n) is 8.21. The predicted octanol–water partition coefficient (Wildman–Crippen LogP) is 5.66. The van der Waals surface area contributed by atoms with Crippen LogP contribution in [0.2, 0.25) is 0 Å². The molecule has 2 aromatic heterocycles. The van der Waals surface area contributed by atoms with Gasteiger partial charge in [-0.3, -0.25) is 9.97 Å². The second-order valence-corrected chi connectivity index (χ2v) is 10.8. The van der Waals surface area contributed by atoms with Gasteiger partial charge in [-0.15, -0.1) is 0 Å². The molecule has 6 heteroatoms. The monoisotopic (exact) mass is 460 g/mol. The fraction of sp³-hybridized carbons (Fsp3) is 0. The predicted molar refractivity (Wildman–Crippen MR) is 132 cm³/mol. The van der Waals surface area contributed by atoms with Crippen LogP contribution in [0.25, 0.3) is 22.3 Å². The van der Waals surface area contributed by atoms with Crippen molar-refractivity contribution in [2.45, 2.75) is 0 Å². The van der Waals surface area contributed by atoms with E-state index in [1.165, 1.54) is 0 Å². The zero-order valence-corrected chi connectivity index (χ0v) is 18.8. The Labute approximate surface area is 196 Å². The normalized spacial score (nSPS) is 14.1. The van der Waals surface area contributed by atoms with Gasteiger partial charge in [-0.2, -0.15) is 0 Å². The van der Waals surface area contributed by atoms with Gasteiger partial charge in [-0.25, -0.2) is 0 Å². The van der Waals surface area contributed by atoms with Gasteiger partial charge in [0.05, 0.1) is 10.6 Å². The number of nitrogens with zero attached hydrogens (tertiary/aromatic N) is 2. The van der Waals surface area contributed by atoms with E-state index in [0.29, 0.717) is 38.9 Å². The van der Waals surface area contributed by atoms with Crippen LogP contribution in [0.15, 0.2) is 104 Å². The molecule has 0 radical (unpaired) electrons. The van der Waals surface area contributed by atoms with Crippen LogP contribution in [0.4, 0.5) is 0 Å². The minimum atomic E-state index is -3.30. The minimum Gasteiger partial charge on any atom is -0.455 e. The van der Waals surface area contributed by atoms with Gasteiger partial charge in [0.15, 0.2) is 7.14 Å². The molecule has 0 spiro atoms. The molecule has 5 nitrogen and oxygen atoms in total. The number of hydrogen-bond acceptors (Lipinski definition) is 5. The van der Waals surface area contributed by atoms with Gasteiger partial charge in [0.1, 0.15) is 28.3 Å². The van der Waals surface area contributed by atoms with Gasteiger partial charge in [0.2, 0.25) is 0 Å². The van der Waals surface area contributed by atoms with Gasteiger partial charge in [0.25, 0.3) is 0 Å². The number of para-hydroxylation sites is 2. The van der Waals surface area contributed by atoms with Crippen molar-refractivity contribution in [1.82, 2.24) is 9.97 Å². The lowest BCUT2D eigenvalue weighted by Crippen LogP contribution is -2.35. The van der Waals surface area contributed by atoms with E-state index < -0.39 is 7.14 Å². The molecule has 0 aliphatic carbocycles. The first-order valence-electron chi connectivity index (χ1n) is 10.9. The SMILES string of the molecule is O=P12c3cccc(-c4cccnc4)c3Oc3cccc(c31)Oc1c(-c3cccnc3)cccc12. The van der Waals surface area contributed by atoms with Crippen LogP contribution in [-0.2, 0) is 4.57 Å². The molecule has 0 N–H and O–H groups in total. The smallest absolute Gasteiger partial charge is 0.185 e. The van der Waals surface area contributed by atoms with Gasteiger partial charge < -0.3 is 14.0 Å². The van der Waals surface area contributed by atoms with Crippen molar-refractivity contribution in [2.75, 3.05) is 0 Å². The first-order chi connectivity index (χ1) is 16.7. The van der Waals surface area contributed by atoms with E-state index in [2.05, 4.69) is 9.97 Å². The fourth-order valence-electron chi connectivity index (χ4n) is 4.83. The number of aromatic nitrogens is 2. The summed E-state index contributed by atoms with van der Waals surface area (Å²) in [5, 5.41) is 1.95. The molecule has 0 atom stereocenters. The Morgan fingerprint density at radius 2 is 1.09 bits per heavy atom. The molecule has 3 aromatic carbocycles. The number of ether oxygens (including phenoxy) is 2. The summed E-state index contributed by atoms with van der Waals surface area (Å²) in [4.78, 5) is 8.53. The van der Waals surface area contributed by atoms with Crippen LogP contribution >= 0.6 is 7.14 Å². The first kappa shape index (κ1) is 19.3. The number of fused-ring (bicyclic) bond motifs is 4. The number of benzene rings is 3. The van der Waals surface area contributed by atoms with Crippen LogP contribution in [0.5, 0.6) is 23.0 Å². The molecule has 5 aromatic rings. The number of rotatable bonds is 2. The maximum atomic E-state index is 15.3. The average molecular weight is 460 g/mol. The highest BCUT2D eigenvalue weighted by molar-refractivity contribution is 7.86. The Morgan fingerprint density at radius 3 is 1.56 bits per heavy atom. The third-order valence-electron chi connectivity index (χ3n) is 6.31. The maximum absolute atomic E-state index is 15.3. The fourth-order valence-corrected chi connectivity index (χ4v) is 7.93. The summed E-state index contributed by atoms with van der Waals surface area (Å²) in [7, 11) is -3.30. The van der Waals surface area contributed by atoms with Crippen molar-refractivity contribution < 1.29 is 14.0 Å². The van der Waals surface area contributed by atoms with Crippen LogP contribution in [0.1, 0.15) is 0 Å². The van der Waals surface area contributed by atoms with Crippen LogP contribution in [0.3, 0.4) is 0 Å². The van der Waals surface area contributed by atoms with E-state index in [-0.39, 0.29) is 0 Å². The summed E-state index contributed by atoms with van der Waals surface area (Å²) in [6, 6.07) is 24.9. The Bertz CT molecular complexity index is 1520. The summed E-state index contributed by atoms with van der Waals surface area (Å²) < 4.78 is 28.1. The Balaban J connectivity index is 1.56. The Morgan fingerprint density at radius 1 is 0.588 bits per heavy atom.